The molecule has 0 aliphatic heterocycles. The molecule has 4 rings (SSSR count). The Labute approximate surface area is 233 Å². The first kappa shape index (κ1) is 26.2. The van der Waals surface area contributed by atoms with Gasteiger partial charge in [0.05, 0.1) is 26.1 Å². The van der Waals surface area contributed by atoms with Crippen molar-refractivity contribution in [1.29, 1.82) is 0 Å². The molecule has 7 nitrogen and oxygen atoms in total. The highest BCUT2D eigenvalue weighted by atomic mass is 79.9. The Morgan fingerprint density at radius 1 is 1.08 bits per heavy atom. The van der Waals surface area contributed by atoms with E-state index in [1.54, 1.807) is 36.5 Å². The molecule has 10 heteroatoms. The SMILES string of the molecule is CC(C)c1nc2ccc(Br)cc2c(=O)n1N=Cc1cc(Br)c(OCC(=O)Nc2ccccc2)c(Br)c1. The minimum Gasteiger partial charge on any atom is -0.481 e. The summed E-state index contributed by atoms with van der Waals surface area (Å²) in [6.45, 7) is 3.77. The van der Waals surface area contributed by atoms with Gasteiger partial charge in [-0.25, -0.2) is 4.98 Å². The van der Waals surface area contributed by atoms with E-state index in [1.807, 2.05) is 44.2 Å². The van der Waals surface area contributed by atoms with Crippen molar-refractivity contribution < 1.29 is 9.53 Å². The maximum Gasteiger partial charge on any atom is 0.282 e. The van der Waals surface area contributed by atoms with E-state index < -0.39 is 0 Å². The van der Waals surface area contributed by atoms with Gasteiger partial charge in [0.25, 0.3) is 11.5 Å². The van der Waals surface area contributed by atoms with Crippen molar-refractivity contribution in [2.75, 3.05) is 11.9 Å². The summed E-state index contributed by atoms with van der Waals surface area (Å²) in [6, 6.07) is 18.2. The molecule has 184 valence electrons. The lowest BCUT2D eigenvalue weighted by atomic mass is 10.2. The average Bonchev–Trinajstić information content (AvgIpc) is 2.83. The molecule has 0 saturated carbocycles. The van der Waals surface area contributed by atoms with Crippen molar-refractivity contribution in [3.63, 3.8) is 0 Å². The smallest absolute Gasteiger partial charge is 0.282 e. The van der Waals surface area contributed by atoms with Crippen molar-refractivity contribution >= 4 is 76.5 Å². The third kappa shape index (κ3) is 6.11. The number of carbonyl (C=O) groups is 1. The number of hydrogen-bond donors (Lipinski definition) is 1. The summed E-state index contributed by atoms with van der Waals surface area (Å²) in [7, 11) is 0. The molecule has 36 heavy (non-hydrogen) atoms. The molecule has 0 fully saturated rings. The molecule has 4 aromatic rings. The Morgan fingerprint density at radius 3 is 2.44 bits per heavy atom. The predicted molar refractivity (Wildman–Crippen MR) is 153 cm³/mol. The van der Waals surface area contributed by atoms with Crippen molar-refractivity contribution in [2.24, 2.45) is 5.10 Å². The summed E-state index contributed by atoms with van der Waals surface area (Å²) in [6.07, 6.45) is 1.58. The summed E-state index contributed by atoms with van der Waals surface area (Å²) >= 11 is 10.4. The van der Waals surface area contributed by atoms with Crippen LogP contribution in [0.1, 0.15) is 31.2 Å². The maximum absolute atomic E-state index is 13.2. The lowest BCUT2D eigenvalue weighted by Crippen LogP contribution is -2.23. The maximum atomic E-state index is 13.2. The van der Waals surface area contributed by atoms with Gasteiger partial charge in [0.1, 0.15) is 11.6 Å². The fourth-order valence-electron chi connectivity index (χ4n) is 3.42. The Balaban J connectivity index is 1.57. The van der Waals surface area contributed by atoms with Crippen LogP contribution in [0.4, 0.5) is 5.69 Å². The van der Waals surface area contributed by atoms with E-state index in [1.165, 1.54) is 4.68 Å². The molecule has 0 unspecified atom stereocenters. The van der Waals surface area contributed by atoms with E-state index in [4.69, 9.17) is 4.74 Å². The fraction of sp³-hybridized carbons (Fsp3) is 0.154. The zero-order valence-corrected chi connectivity index (χ0v) is 24.1. The van der Waals surface area contributed by atoms with Gasteiger partial charge in [-0.15, -0.1) is 0 Å². The monoisotopic (exact) mass is 674 g/mol. The quantitative estimate of drug-likeness (QED) is 0.221. The first-order chi connectivity index (χ1) is 17.2. The zero-order valence-electron chi connectivity index (χ0n) is 19.3. The van der Waals surface area contributed by atoms with Crippen molar-refractivity contribution in [3.05, 3.63) is 95.8 Å². The molecular formula is C26H21Br3N4O3. The van der Waals surface area contributed by atoms with E-state index in [0.717, 1.165) is 4.47 Å². The van der Waals surface area contributed by atoms with Crippen molar-refractivity contribution in [1.82, 2.24) is 9.66 Å². The number of hydrogen-bond acceptors (Lipinski definition) is 5. The molecule has 0 saturated heterocycles. The molecule has 0 atom stereocenters. The van der Waals surface area contributed by atoms with Crippen molar-refractivity contribution in [3.8, 4) is 5.75 Å². The Hall–Kier alpha value is -2.82. The number of benzene rings is 3. The molecule has 1 aromatic heterocycles. The second-order valence-electron chi connectivity index (χ2n) is 8.16. The number of nitrogens with zero attached hydrogens (tertiary/aromatic N) is 3. The Kier molecular flexibility index (Phi) is 8.38. The fourth-order valence-corrected chi connectivity index (χ4v) is 5.24. The second-order valence-corrected chi connectivity index (χ2v) is 10.8. The van der Waals surface area contributed by atoms with E-state index in [-0.39, 0.29) is 24.0 Å². The van der Waals surface area contributed by atoms with Gasteiger partial charge in [0, 0.05) is 16.1 Å². The second kappa shape index (κ2) is 11.5. The van der Waals surface area contributed by atoms with Crippen LogP contribution in [-0.2, 0) is 4.79 Å². The van der Waals surface area contributed by atoms with Gasteiger partial charge in [0.2, 0.25) is 0 Å². The number of aromatic nitrogens is 2. The van der Waals surface area contributed by atoms with Gasteiger partial charge >= 0.3 is 0 Å². The van der Waals surface area contributed by atoms with E-state index in [9.17, 15) is 9.59 Å². The van der Waals surface area contributed by atoms with Crippen LogP contribution in [-0.4, -0.2) is 28.4 Å². The molecule has 1 amide bonds. The summed E-state index contributed by atoms with van der Waals surface area (Å²) in [5.74, 6) is 0.752. The van der Waals surface area contributed by atoms with Crippen LogP contribution in [0.2, 0.25) is 0 Å². The minimum atomic E-state index is -0.276. The van der Waals surface area contributed by atoms with Gasteiger partial charge in [-0.3, -0.25) is 9.59 Å². The summed E-state index contributed by atoms with van der Waals surface area (Å²) in [4.78, 5) is 30.1. The van der Waals surface area contributed by atoms with Crippen LogP contribution in [0.5, 0.6) is 5.75 Å². The minimum absolute atomic E-state index is 0.0147. The molecule has 0 aliphatic rings. The average molecular weight is 677 g/mol. The lowest BCUT2D eigenvalue weighted by molar-refractivity contribution is -0.118. The molecule has 0 spiro atoms. The number of halogens is 3. The number of nitrogens with one attached hydrogen (secondary N) is 1. The first-order valence-electron chi connectivity index (χ1n) is 11.0. The number of amides is 1. The predicted octanol–water partition coefficient (Wildman–Crippen LogP) is 6.71. The molecule has 1 heterocycles. The topological polar surface area (TPSA) is 85.6 Å². The molecule has 1 N–H and O–H groups in total. The van der Waals surface area contributed by atoms with Gasteiger partial charge < -0.3 is 10.1 Å². The standard InChI is InChI=1S/C26H21Br3N4O3/c1-15(2)25-32-22-9-8-17(27)12-19(22)26(35)33(25)30-13-16-10-20(28)24(21(29)11-16)36-14-23(34)31-18-6-4-3-5-7-18/h3-13,15H,14H2,1-2H3,(H,31,34). The highest BCUT2D eigenvalue weighted by molar-refractivity contribution is 9.11. The van der Waals surface area contributed by atoms with Crippen LogP contribution < -0.4 is 15.6 Å². The molecule has 0 bridgehead atoms. The summed E-state index contributed by atoms with van der Waals surface area (Å²) in [5, 5.41) is 7.72. The van der Waals surface area contributed by atoms with Gasteiger partial charge in [0.15, 0.2) is 6.61 Å². The van der Waals surface area contributed by atoms with Crippen LogP contribution in [0.3, 0.4) is 0 Å². The van der Waals surface area contributed by atoms with Gasteiger partial charge in [-0.05, 0) is 79.9 Å². The molecule has 0 radical (unpaired) electrons. The Morgan fingerprint density at radius 2 is 1.78 bits per heavy atom. The van der Waals surface area contributed by atoms with Crippen LogP contribution in [0, 0.1) is 0 Å². The normalized spacial score (nSPS) is 11.4. The molecule has 3 aromatic carbocycles. The number of para-hydroxylation sites is 1. The van der Waals surface area contributed by atoms with Crippen LogP contribution in [0.15, 0.2) is 84.0 Å². The molecule has 0 aliphatic carbocycles. The van der Waals surface area contributed by atoms with Crippen LogP contribution in [0.25, 0.3) is 10.9 Å². The highest BCUT2D eigenvalue weighted by Crippen LogP contribution is 2.34. The van der Waals surface area contributed by atoms with Gasteiger partial charge in [-0.1, -0.05) is 48.0 Å². The molecular weight excluding hydrogens is 656 g/mol. The van der Waals surface area contributed by atoms with E-state index >= 15 is 0 Å². The largest absolute Gasteiger partial charge is 0.481 e. The van der Waals surface area contributed by atoms with E-state index in [0.29, 0.717) is 42.7 Å². The van der Waals surface area contributed by atoms with E-state index in [2.05, 4.69) is 63.2 Å². The Bertz CT molecular complexity index is 1500. The number of rotatable bonds is 7. The summed E-state index contributed by atoms with van der Waals surface area (Å²) in [5.41, 5.74) is 1.79. The third-order valence-corrected chi connectivity index (χ3v) is 6.77. The highest BCUT2D eigenvalue weighted by Gasteiger charge is 2.15. The summed E-state index contributed by atoms with van der Waals surface area (Å²) < 4.78 is 9.11. The number of carbonyl (C=O) groups excluding carboxylic acids is 1. The third-order valence-electron chi connectivity index (χ3n) is 5.10. The number of fused-ring (bicyclic) bond motifs is 1. The van der Waals surface area contributed by atoms with Gasteiger partial charge in [-0.2, -0.15) is 9.78 Å². The first-order valence-corrected chi connectivity index (χ1v) is 13.3. The van der Waals surface area contributed by atoms with Crippen molar-refractivity contribution in [2.45, 2.75) is 19.8 Å². The lowest BCUT2D eigenvalue weighted by Gasteiger charge is -2.13. The zero-order chi connectivity index (χ0) is 25.8. The number of ether oxygens (including phenoxy) is 1. The van der Waals surface area contributed by atoms with Crippen LogP contribution >= 0.6 is 47.8 Å². The number of anilines is 1.